The maximum atomic E-state index is 4.58. The summed E-state index contributed by atoms with van der Waals surface area (Å²) >= 11 is 0. The van der Waals surface area contributed by atoms with E-state index in [1.54, 1.807) is 0 Å². The van der Waals surface area contributed by atoms with Crippen LogP contribution in [0.1, 0.15) is 49.9 Å². The Balaban J connectivity index is 1.83. The summed E-state index contributed by atoms with van der Waals surface area (Å²) in [5.41, 5.74) is 2.41. The molecule has 1 aromatic carbocycles. The van der Waals surface area contributed by atoms with Gasteiger partial charge in [0.05, 0.1) is 11.7 Å². The van der Waals surface area contributed by atoms with Gasteiger partial charge in [-0.3, -0.25) is 4.98 Å². The molecule has 1 fully saturated rings. The smallest absolute Gasteiger partial charge is 0.0753 e. The molecular formula is C19H24N2. The van der Waals surface area contributed by atoms with Gasteiger partial charge in [-0.1, -0.05) is 56.2 Å². The minimum absolute atomic E-state index is 0.197. The topological polar surface area (TPSA) is 24.9 Å². The van der Waals surface area contributed by atoms with Gasteiger partial charge in [-0.2, -0.15) is 0 Å². The standard InChI is InChI=1S/C19H24N2/c1-15-8-7-11-17(14-15)21-19(16-9-3-2-4-10-16)18-12-5-6-13-20-18/h2-6,9-10,12-13,15,17,19,21H,7-8,11,14H2,1H3. The van der Waals surface area contributed by atoms with Crippen molar-refractivity contribution in [3.8, 4) is 0 Å². The SMILES string of the molecule is CC1CCCC(NC(c2ccccc2)c2ccccn2)C1. The Kier molecular flexibility index (Phi) is 4.66. The van der Waals surface area contributed by atoms with Crippen LogP contribution in [0.2, 0.25) is 0 Å². The van der Waals surface area contributed by atoms with E-state index < -0.39 is 0 Å². The molecule has 1 aromatic heterocycles. The summed E-state index contributed by atoms with van der Waals surface area (Å²) in [6.45, 7) is 2.37. The van der Waals surface area contributed by atoms with Crippen LogP contribution in [0.25, 0.3) is 0 Å². The van der Waals surface area contributed by atoms with Crippen molar-refractivity contribution < 1.29 is 0 Å². The van der Waals surface area contributed by atoms with E-state index in [1.807, 2.05) is 12.3 Å². The fourth-order valence-electron chi connectivity index (χ4n) is 3.37. The van der Waals surface area contributed by atoms with Crippen LogP contribution < -0.4 is 5.32 Å². The van der Waals surface area contributed by atoms with Crippen molar-refractivity contribution in [2.75, 3.05) is 0 Å². The molecule has 0 aliphatic heterocycles. The van der Waals surface area contributed by atoms with Crippen LogP contribution in [0.5, 0.6) is 0 Å². The molecule has 1 aliphatic rings. The second-order valence-corrected chi connectivity index (χ2v) is 6.23. The van der Waals surface area contributed by atoms with Gasteiger partial charge in [-0.25, -0.2) is 0 Å². The average molecular weight is 280 g/mol. The van der Waals surface area contributed by atoms with Crippen LogP contribution in [0, 0.1) is 5.92 Å². The third-order valence-electron chi connectivity index (χ3n) is 4.46. The largest absolute Gasteiger partial charge is 0.302 e. The van der Waals surface area contributed by atoms with Crippen LogP contribution in [-0.2, 0) is 0 Å². The molecule has 110 valence electrons. The van der Waals surface area contributed by atoms with E-state index >= 15 is 0 Å². The van der Waals surface area contributed by atoms with Crippen LogP contribution >= 0.6 is 0 Å². The molecule has 0 amide bonds. The lowest BCUT2D eigenvalue weighted by molar-refractivity contribution is 0.289. The van der Waals surface area contributed by atoms with Gasteiger partial charge in [0.25, 0.3) is 0 Å². The molecule has 21 heavy (non-hydrogen) atoms. The first kappa shape index (κ1) is 14.3. The van der Waals surface area contributed by atoms with Gasteiger partial charge in [-0.05, 0) is 36.5 Å². The van der Waals surface area contributed by atoms with Crippen LogP contribution in [0.4, 0.5) is 0 Å². The molecule has 2 nitrogen and oxygen atoms in total. The fraction of sp³-hybridized carbons (Fsp3) is 0.421. The molecule has 0 radical (unpaired) electrons. The van der Waals surface area contributed by atoms with Gasteiger partial charge in [0, 0.05) is 12.2 Å². The number of hydrogen-bond donors (Lipinski definition) is 1. The van der Waals surface area contributed by atoms with Crippen molar-refractivity contribution in [3.63, 3.8) is 0 Å². The summed E-state index contributed by atoms with van der Waals surface area (Å²) in [4.78, 5) is 4.58. The number of nitrogens with zero attached hydrogens (tertiary/aromatic N) is 1. The minimum atomic E-state index is 0.197. The summed E-state index contributed by atoms with van der Waals surface area (Å²) in [6.07, 6.45) is 7.15. The van der Waals surface area contributed by atoms with Gasteiger partial charge in [-0.15, -0.1) is 0 Å². The maximum Gasteiger partial charge on any atom is 0.0753 e. The Morgan fingerprint density at radius 1 is 1.05 bits per heavy atom. The van der Waals surface area contributed by atoms with E-state index in [-0.39, 0.29) is 6.04 Å². The molecule has 1 heterocycles. The number of pyridine rings is 1. The average Bonchev–Trinajstić information content (AvgIpc) is 2.54. The first-order chi connectivity index (χ1) is 10.3. The van der Waals surface area contributed by atoms with E-state index in [0.29, 0.717) is 6.04 Å². The number of hydrogen-bond acceptors (Lipinski definition) is 2. The first-order valence-corrected chi connectivity index (χ1v) is 8.05. The molecule has 0 spiro atoms. The highest BCUT2D eigenvalue weighted by Gasteiger charge is 2.23. The van der Waals surface area contributed by atoms with E-state index in [4.69, 9.17) is 0 Å². The van der Waals surface area contributed by atoms with Crippen LogP contribution in [0.15, 0.2) is 54.7 Å². The molecule has 3 rings (SSSR count). The van der Waals surface area contributed by atoms with Crippen molar-refractivity contribution in [2.24, 2.45) is 5.92 Å². The lowest BCUT2D eigenvalue weighted by atomic mass is 9.86. The Hall–Kier alpha value is -1.67. The summed E-state index contributed by atoms with van der Waals surface area (Å²) in [5, 5.41) is 3.86. The van der Waals surface area contributed by atoms with E-state index in [9.17, 15) is 0 Å². The zero-order valence-corrected chi connectivity index (χ0v) is 12.7. The van der Waals surface area contributed by atoms with Crippen LogP contribution in [-0.4, -0.2) is 11.0 Å². The number of benzene rings is 1. The Bertz CT molecular complexity index is 499. The first-order valence-electron chi connectivity index (χ1n) is 8.05. The highest BCUT2D eigenvalue weighted by molar-refractivity contribution is 5.27. The molecule has 2 aromatic rings. The van der Waals surface area contributed by atoms with Gasteiger partial charge in [0.2, 0.25) is 0 Å². The third kappa shape index (κ3) is 3.70. The Morgan fingerprint density at radius 3 is 2.57 bits per heavy atom. The van der Waals surface area contributed by atoms with Gasteiger partial charge < -0.3 is 5.32 Å². The van der Waals surface area contributed by atoms with E-state index in [2.05, 4.69) is 59.7 Å². The van der Waals surface area contributed by atoms with Gasteiger partial charge in [0.15, 0.2) is 0 Å². The molecule has 3 unspecified atom stereocenters. The molecule has 0 saturated heterocycles. The predicted octanol–water partition coefficient (Wildman–Crippen LogP) is 4.34. The van der Waals surface area contributed by atoms with Crippen molar-refractivity contribution >= 4 is 0 Å². The maximum absolute atomic E-state index is 4.58. The molecular weight excluding hydrogens is 256 g/mol. The molecule has 0 bridgehead atoms. The Labute approximate surface area is 127 Å². The summed E-state index contributed by atoms with van der Waals surface area (Å²) in [7, 11) is 0. The van der Waals surface area contributed by atoms with Gasteiger partial charge in [0.1, 0.15) is 0 Å². The molecule has 1 N–H and O–H groups in total. The van der Waals surface area contributed by atoms with Crippen molar-refractivity contribution in [1.29, 1.82) is 0 Å². The van der Waals surface area contributed by atoms with Gasteiger partial charge >= 0.3 is 0 Å². The van der Waals surface area contributed by atoms with Crippen molar-refractivity contribution in [3.05, 3.63) is 66.0 Å². The monoisotopic (exact) mass is 280 g/mol. The predicted molar refractivity (Wildman–Crippen MR) is 87.1 cm³/mol. The normalized spacial score (nSPS) is 23.7. The fourth-order valence-corrected chi connectivity index (χ4v) is 3.37. The second kappa shape index (κ2) is 6.86. The lowest BCUT2D eigenvalue weighted by Gasteiger charge is -2.31. The highest BCUT2D eigenvalue weighted by atomic mass is 15.0. The van der Waals surface area contributed by atoms with Crippen LogP contribution in [0.3, 0.4) is 0 Å². The third-order valence-corrected chi connectivity index (χ3v) is 4.46. The van der Waals surface area contributed by atoms with E-state index in [1.165, 1.54) is 31.2 Å². The second-order valence-electron chi connectivity index (χ2n) is 6.23. The lowest BCUT2D eigenvalue weighted by Crippen LogP contribution is -2.37. The highest BCUT2D eigenvalue weighted by Crippen LogP contribution is 2.28. The Morgan fingerprint density at radius 2 is 1.86 bits per heavy atom. The number of aromatic nitrogens is 1. The molecule has 1 aliphatic carbocycles. The molecule has 3 atom stereocenters. The zero-order chi connectivity index (χ0) is 14.5. The summed E-state index contributed by atoms with van der Waals surface area (Å²) < 4.78 is 0. The number of nitrogens with one attached hydrogen (secondary N) is 1. The van der Waals surface area contributed by atoms with Crippen molar-refractivity contribution in [2.45, 2.75) is 44.7 Å². The molecule has 2 heteroatoms. The molecule has 1 saturated carbocycles. The zero-order valence-electron chi connectivity index (χ0n) is 12.7. The summed E-state index contributed by atoms with van der Waals surface area (Å²) in [5.74, 6) is 0.830. The van der Waals surface area contributed by atoms with E-state index in [0.717, 1.165) is 11.6 Å². The minimum Gasteiger partial charge on any atom is -0.302 e. The quantitative estimate of drug-likeness (QED) is 0.901. The van der Waals surface area contributed by atoms with Crippen molar-refractivity contribution in [1.82, 2.24) is 10.3 Å². The number of rotatable bonds is 4. The summed E-state index contributed by atoms with van der Waals surface area (Å²) in [6, 6.07) is 17.6.